The highest BCUT2D eigenvalue weighted by Crippen LogP contribution is 2.25. The Morgan fingerprint density at radius 1 is 1.37 bits per heavy atom. The smallest absolute Gasteiger partial charge is 0.236 e. The summed E-state index contributed by atoms with van der Waals surface area (Å²) in [4.78, 5) is 12.3. The van der Waals surface area contributed by atoms with Crippen molar-refractivity contribution in [2.45, 2.75) is 26.4 Å². The van der Waals surface area contributed by atoms with Gasteiger partial charge in [0.2, 0.25) is 5.91 Å². The number of anilines is 1. The Morgan fingerprint density at radius 3 is 2.37 bits per heavy atom. The molecular weight excluding hydrogens is 254 g/mol. The van der Waals surface area contributed by atoms with E-state index in [4.69, 9.17) is 10.8 Å². The van der Waals surface area contributed by atoms with Gasteiger partial charge in [0.1, 0.15) is 17.3 Å². The molecule has 0 aliphatic heterocycles. The van der Waals surface area contributed by atoms with Crippen molar-refractivity contribution in [1.82, 2.24) is 0 Å². The number of amides is 1. The van der Waals surface area contributed by atoms with Crippen LogP contribution in [0.5, 0.6) is 0 Å². The van der Waals surface area contributed by atoms with E-state index in [1.165, 1.54) is 4.90 Å². The molecule has 0 radical (unpaired) electrons. The van der Waals surface area contributed by atoms with E-state index in [0.29, 0.717) is 13.0 Å². The van der Waals surface area contributed by atoms with Crippen molar-refractivity contribution in [1.29, 1.82) is 0 Å². The number of nitrogens with two attached hydrogens (primary N) is 1. The number of carbonyl (C=O) groups excluding carboxylic acids is 1. The molecule has 0 heterocycles. The molecule has 1 aromatic carbocycles. The van der Waals surface area contributed by atoms with Crippen LogP contribution < -0.4 is 10.6 Å². The average Bonchev–Trinajstić information content (AvgIpc) is 2.33. The van der Waals surface area contributed by atoms with Crippen LogP contribution in [0.25, 0.3) is 0 Å². The molecule has 4 nitrogen and oxygen atoms in total. The summed E-state index contributed by atoms with van der Waals surface area (Å²) in [6, 6.07) is 2.11. The van der Waals surface area contributed by atoms with E-state index in [-0.39, 0.29) is 17.8 Å². The first kappa shape index (κ1) is 15.4. The zero-order valence-electron chi connectivity index (χ0n) is 10.8. The van der Waals surface area contributed by atoms with Crippen LogP contribution in [-0.4, -0.2) is 24.1 Å². The number of unbranched alkanes of at least 4 members (excludes halogenated alkanes) is 1. The van der Waals surface area contributed by atoms with Crippen LogP contribution in [0.15, 0.2) is 12.1 Å². The van der Waals surface area contributed by atoms with E-state index in [9.17, 15) is 13.6 Å². The number of nitrogens with zero attached hydrogens (tertiary/aromatic N) is 1. The van der Waals surface area contributed by atoms with Gasteiger partial charge in [-0.3, -0.25) is 4.79 Å². The van der Waals surface area contributed by atoms with E-state index in [0.717, 1.165) is 18.6 Å². The van der Waals surface area contributed by atoms with Gasteiger partial charge in [0, 0.05) is 6.54 Å². The van der Waals surface area contributed by atoms with Crippen LogP contribution >= 0.6 is 0 Å². The molecule has 0 aliphatic rings. The molecule has 0 fully saturated rings. The quantitative estimate of drug-likeness (QED) is 0.791. The Morgan fingerprint density at radius 2 is 1.95 bits per heavy atom. The Balaban J connectivity index is 3.10. The number of hydrogen-bond donors (Lipinski definition) is 2. The Bertz CT molecular complexity index is 429. The van der Waals surface area contributed by atoms with Crippen molar-refractivity contribution < 1.29 is 18.7 Å². The summed E-state index contributed by atoms with van der Waals surface area (Å²) < 4.78 is 27.8. The molecule has 1 amide bonds. The molecule has 19 heavy (non-hydrogen) atoms. The summed E-state index contributed by atoms with van der Waals surface area (Å²) in [5, 5.41) is 8.88. The number of halogens is 2. The summed E-state index contributed by atoms with van der Waals surface area (Å²) in [7, 11) is 0. The maximum atomic E-state index is 13.9. The topological polar surface area (TPSA) is 66.6 Å². The molecule has 0 saturated heterocycles. The van der Waals surface area contributed by atoms with Crippen molar-refractivity contribution >= 4 is 11.6 Å². The van der Waals surface area contributed by atoms with E-state index >= 15 is 0 Å². The lowest BCUT2D eigenvalue weighted by Crippen LogP contribution is -2.35. The molecule has 0 aliphatic carbocycles. The highest BCUT2D eigenvalue weighted by Gasteiger charge is 2.19. The number of aliphatic hydroxyl groups excluding tert-OH is 1. The van der Waals surface area contributed by atoms with Crippen LogP contribution in [0, 0.1) is 11.6 Å². The minimum absolute atomic E-state index is 0.147. The number of hydrogen-bond acceptors (Lipinski definition) is 3. The molecule has 0 saturated carbocycles. The van der Waals surface area contributed by atoms with Gasteiger partial charge >= 0.3 is 0 Å². The third-order valence-corrected chi connectivity index (χ3v) is 2.70. The van der Waals surface area contributed by atoms with E-state index in [1.807, 2.05) is 6.92 Å². The molecule has 0 atom stereocenters. The maximum Gasteiger partial charge on any atom is 0.236 e. The number of aliphatic hydroxyl groups is 1. The molecule has 0 bridgehead atoms. The lowest BCUT2D eigenvalue weighted by Gasteiger charge is -2.24. The summed E-state index contributed by atoms with van der Waals surface area (Å²) in [5.41, 5.74) is 4.97. The van der Waals surface area contributed by atoms with Crippen LogP contribution in [0.2, 0.25) is 0 Å². The molecule has 106 valence electrons. The third kappa shape index (κ3) is 4.17. The highest BCUT2D eigenvalue weighted by atomic mass is 19.1. The van der Waals surface area contributed by atoms with Crippen LogP contribution in [0.1, 0.15) is 25.3 Å². The normalized spacial score (nSPS) is 10.5. The molecule has 6 heteroatoms. The van der Waals surface area contributed by atoms with Crippen LogP contribution in [0.3, 0.4) is 0 Å². The molecule has 1 rings (SSSR count). The first-order chi connectivity index (χ1) is 8.99. The number of rotatable bonds is 7. The second kappa shape index (κ2) is 7.04. The summed E-state index contributed by atoms with van der Waals surface area (Å²) in [6.07, 6.45) is 1.52. The zero-order chi connectivity index (χ0) is 14.4. The van der Waals surface area contributed by atoms with Crippen molar-refractivity contribution in [3.63, 3.8) is 0 Å². The van der Waals surface area contributed by atoms with Gasteiger partial charge in [-0.15, -0.1) is 0 Å². The zero-order valence-corrected chi connectivity index (χ0v) is 10.8. The van der Waals surface area contributed by atoms with Gasteiger partial charge in [-0.05, 0) is 24.1 Å². The number of carbonyl (C=O) groups is 1. The van der Waals surface area contributed by atoms with Crippen molar-refractivity contribution in [2.75, 3.05) is 18.0 Å². The molecule has 3 N–H and O–H groups in total. The predicted molar refractivity (Wildman–Crippen MR) is 68.6 cm³/mol. The largest absolute Gasteiger partial charge is 0.392 e. The standard InChI is InChI=1S/C13H18F2N2O2/c1-2-3-4-17(7-12(16)19)13-10(14)5-9(8-18)6-11(13)15/h5-6,18H,2-4,7-8H2,1H3,(H2,16,19). The molecule has 0 aromatic heterocycles. The van der Waals surface area contributed by atoms with E-state index in [1.54, 1.807) is 0 Å². The van der Waals surface area contributed by atoms with Gasteiger partial charge in [-0.2, -0.15) is 0 Å². The first-order valence-electron chi connectivity index (χ1n) is 6.11. The van der Waals surface area contributed by atoms with Crippen molar-refractivity contribution in [3.05, 3.63) is 29.3 Å². The van der Waals surface area contributed by atoms with Gasteiger partial charge in [0.05, 0.1) is 13.2 Å². The van der Waals surface area contributed by atoms with Crippen LogP contribution in [0.4, 0.5) is 14.5 Å². The fourth-order valence-corrected chi connectivity index (χ4v) is 1.82. The van der Waals surface area contributed by atoms with E-state index < -0.39 is 24.1 Å². The molecule has 0 spiro atoms. The number of benzene rings is 1. The Labute approximate surface area is 110 Å². The third-order valence-electron chi connectivity index (χ3n) is 2.70. The van der Waals surface area contributed by atoms with Gasteiger partial charge in [-0.25, -0.2) is 8.78 Å². The van der Waals surface area contributed by atoms with Gasteiger partial charge < -0.3 is 15.7 Å². The minimum Gasteiger partial charge on any atom is -0.392 e. The number of primary amides is 1. The summed E-state index contributed by atoms with van der Waals surface area (Å²) >= 11 is 0. The summed E-state index contributed by atoms with van der Waals surface area (Å²) in [5.74, 6) is -2.26. The van der Waals surface area contributed by atoms with Gasteiger partial charge in [0.25, 0.3) is 0 Å². The molecular formula is C13H18F2N2O2. The van der Waals surface area contributed by atoms with Crippen molar-refractivity contribution in [2.24, 2.45) is 5.73 Å². The lowest BCUT2D eigenvalue weighted by molar-refractivity contribution is -0.116. The van der Waals surface area contributed by atoms with Gasteiger partial charge in [-0.1, -0.05) is 13.3 Å². The predicted octanol–water partition coefficient (Wildman–Crippen LogP) is 1.55. The fourth-order valence-electron chi connectivity index (χ4n) is 1.82. The SMILES string of the molecule is CCCCN(CC(N)=O)c1c(F)cc(CO)cc1F. The first-order valence-corrected chi connectivity index (χ1v) is 6.11. The molecule has 1 aromatic rings. The van der Waals surface area contributed by atoms with E-state index in [2.05, 4.69) is 0 Å². The Hall–Kier alpha value is -1.69. The summed E-state index contributed by atoms with van der Waals surface area (Å²) in [6.45, 7) is 1.58. The maximum absolute atomic E-state index is 13.9. The fraction of sp³-hybridized carbons (Fsp3) is 0.462. The van der Waals surface area contributed by atoms with Crippen LogP contribution in [-0.2, 0) is 11.4 Å². The Kier molecular flexibility index (Phi) is 5.69. The lowest BCUT2D eigenvalue weighted by atomic mass is 10.1. The second-order valence-electron chi connectivity index (χ2n) is 4.31. The average molecular weight is 272 g/mol. The highest BCUT2D eigenvalue weighted by molar-refractivity contribution is 5.79. The second-order valence-corrected chi connectivity index (χ2v) is 4.31. The van der Waals surface area contributed by atoms with Gasteiger partial charge in [0.15, 0.2) is 0 Å². The molecule has 0 unspecified atom stereocenters. The minimum atomic E-state index is -0.804. The monoisotopic (exact) mass is 272 g/mol. The van der Waals surface area contributed by atoms with Crippen molar-refractivity contribution in [3.8, 4) is 0 Å².